The smallest absolute Gasteiger partial charge is 0.344 e. The summed E-state index contributed by atoms with van der Waals surface area (Å²) in [6.07, 6.45) is 0. The third kappa shape index (κ3) is 4.84. The maximum atomic E-state index is 11.7. The fourth-order valence-corrected chi connectivity index (χ4v) is 2.32. The minimum absolute atomic E-state index is 0.263. The van der Waals surface area contributed by atoms with Gasteiger partial charge in [0, 0.05) is 6.07 Å². The van der Waals surface area contributed by atoms with Crippen LogP contribution in [0.2, 0.25) is 0 Å². The van der Waals surface area contributed by atoms with E-state index in [9.17, 15) is 9.59 Å². The van der Waals surface area contributed by atoms with Crippen LogP contribution in [0, 0.1) is 27.7 Å². The Morgan fingerprint density at radius 3 is 2.33 bits per heavy atom. The van der Waals surface area contributed by atoms with Crippen molar-refractivity contribution in [3.8, 4) is 5.75 Å². The van der Waals surface area contributed by atoms with E-state index in [4.69, 9.17) is 14.0 Å². The number of aromatic nitrogens is 1. The minimum atomic E-state index is -0.624. The topological polar surface area (TPSA) is 90.7 Å². The molecule has 7 heteroatoms. The number of ether oxygens (including phenoxy) is 2. The molecule has 0 aliphatic heterocycles. The van der Waals surface area contributed by atoms with Crippen LogP contribution in [0.4, 0.5) is 5.82 Å². The second-order valence-electron chi connectivity index (χ2n) is 5.55. The highest BCUT2D eigenvalue weighted by Gasteiger charge is 2.12. The van der Waals surface area contributed by atoms with E-state index in [0.29, 0.717) is 11.5 Å². The standard InChI is InChI=1S/C17H20N2O5/c1-10-5-11(2)17(12(3)6-10)23-9-16(21)22-8-15(20)18-14-7-13(4)24-19-14/h5-7H,8-9H2,1-4H3,(H,18,19,20). The molecule has 7 nitrogen and oxygen atoms in total. The molecule has 0 saturated heterocycles. The Bertz CT molecular complexity index is 728. The lowest BCUT2D eigenvalue weighted by Crippen LogP contribution is -2.24. The summed E-state index contributed by atoms with van der Waals surface area (Å²) in [5, 5.41) is 6.07. The largest absolute Gasteiger partial charge is 0.481 e. The monoisotopic (exact) mass is 332 g/mol. The van der Waals surface area contributed by atoms with E-state index in [1.54, 1.807) is 13.0 Å². The van der Waals surface area contributed by atoms with Gasteiger partial charge in [-0.3, -0.25) is 4.79 Å². The number of carbonyl (C=O) groups excluding carboxylic acids is 2. The first-order valence-electron chi connectivity index (χ1n) is 7.44. The molecule has 2 aromatic rings. The molecule has 1 heterocycles. The highest BCUT2D eigenvalue weighted by atomic mass is 16.6. The first-order valence-corrected chi connectivity index (χ1v) is 7.44. The zero-order valence-corrected chi connectivity index (χ0v) is 14.1. The van der Waals surface area contributed by atoms with Gasteiger partial charge in [-0.15, -0.1) is 0 Å². The lowest BCUT2D eigenvalue weighted by Gasteiger charge is -2.12. The number of amides is 1. The molecule has 1 amide bonds. The molecular weight excluding hydrogens is 312 g/mol. The summed E-state index contributed by atoms with van der Waals surface area (Å²) >= 11 is 0. The number of nitrogens with zero attached hydrogens (tertiary/aromatic N) is 1. The van der Waals surface area contributed by atoms with Gasteiger partial charge in [0.05, 0.1) is 0 Å². The first-order chi connectivity index (χ1) is 11.3. The van der Waals surface area contributed by atoms with Crippen molar-refractivity contribution in [1.29, 1.82) is 0 Å². The van der Waals surface area contributed by atoms with Crippen LogP contribution in [-0.4, -0.2) is 30.2 Å². The fourth-order valence-electron chi connectivity index (χ4n) is 2.32. The van der Waals surface area contributed by atoms with Gasteiger partial charge in [-0.1, -0.05) is 22.9 Å². The highest BCUT2D eigenvalue weighted by Crippen LogP contribution is 2.24. The van der Waals surface area contributed by atoms with Crippen molar-refractivity contribution in [2.75, 3.05) is 18.5 Å². The van der Waals surface area contributed by atoms with Crippen LogP contribution in [0.25, 0.3) is 0 Å². The van der Waals surface area contributed by atoms with Crippen LogP contribution in [0.1, 0.15) is 22.5 Å². The van der Waals surface area contributed by atoms with Gasteiger partial charge >= 0.3 is 5.97 Å². The lowest BCUT2D eigenvalue weighted by atomic mass is 10.1. The summed E-state index contributed by atoms with van der Waals surface area (Å²) in [6.45, 7) is 6.84. The van der Waals surface area contributed by atoms with Crippen LogP contribution in [-0.2, 0) is 14.3 Å². The summed E-state index contributed by atoms with van der Waals surface area (Å²) < 4.78 is 15.2. The van der Waals surface area contributed by atoms with E-state index in [-0.39, 0.29) is 12.4 Å². The van der Waals surface area contributed by atoms with Crippen molar-refractivity contribution in [2.45, 2.75) is 27.7 Å². The average Bonchev–Trinajstić information content (AvgIpc) is 2.89. The summed E-state index contributed by atoms with van der Waals surface area (Å²) in [7, 11) is 0. The van der Waals surface area contributed by atoms with Crippen LogP contribution < -0.4 is 10.1 Å². The van der Waals surface area contributed by atoms with Gasteiger partial charge in [0.15, 0.2) is 19.0 Å². The minimum Gasteiger partial charge on any atom is -0.481 e. The van der Waals surface area contributed by atoms with Gasteiger partial charge < -0.3 is 19.3 Å². The van der Waals surface area contributed by atoms with Gasteiger partial charge in [0.2, 0.25) is 0 Å². The Kier molecular flexibility index (Phi) is 5.57. The van der Waals surface area contributed by atoms with Gasteiger partial charge in [-0.25, -0.2) is 4.79 Å². The number of nitrogens with one attached hydrogen (secondary N) is 1. The molecule has 128 valence electrons. The molecule has 2 rings (SSSR count). The zero-order valence-electron chi connectivity index (χ0n) is 14.1. The Morgan fingerprint density at radius 2 is 1.75 bits per heavy atom. The van der Waals surface area contributed by atoms with Crippen molar-refractivity contribution in [1.82, 2.24) is 5.16 Å². The number of carbonyl (C=O) groups is 2. The molecule has 0 bridgehead atoms. The summed E-state index contributed by atoms with van der Waals surface area (Å²) in [5.41, 5.74) is 3.01. The van der Waals surface area contributed by atoms with Crippen LogP contribution in [0.3, 0.4) is 0 Å². The van der Waals surface area contributed by atoms with Crippen molar-refractivity contribution in [3.05, 3.63) is 40.6 Å². The second-order valence-corrected chi connectivity index (χ2v) is 5.55. The SMILES string of the molecule is Cc1cc(C)c(OCC(=O)OCC(=O)Nc2cc(C)on2)c(C)c1. The van der Waals surface area contributed by atoms with Crippen molar-refractivity contribution < 1.29 is 23.6 Å². The summed E-state index contributed by atoms with van der Waals surface area (Å²) in [5.74, 6) is 0.371. The van der Waals surface area contributed by atoms with E-state index in [1.807, 2.05) is 32.9 Å². The Morgan fingerprint density at radius 1 is 1.08 bits per heavy atom. The van der Waals surface area contributed by atoms with Crippen molar-refractivity contribution in [3.63, 3.8) is 0 Å². The molecule has 24 heavy (non-hydrogen) atoms. The Hall–Kier alpha value is -2.83. The number of hydrogen-bond acceptors (Lipinski definition) is 6. The van der Waals surface area contributed by atoms with Gasteiger partial charge in [-0.2, -0.15) is 0 Å². The summed E-state index contributed by atoms with van der Waals surface area (Å²) in [4.78, 5) is 23.3. The molecule has 0 aliphatic carbocycles. The Balaban J connectivity index is 1.78. The first kappa shape index (κ1) is 17.5. The van der Waals surface area contributed by atoms with Crippen molar-refractivity contribution in [2.24, 2.45) is 0 Å². The van der Waals surface area contributed by atoms with E-state index in [0.717, 1.165) is 16.7 Å². The van der Waals surface area contributed by atoms with E-state index >= 15 is 0 Å². The zero-order chi connectivity index (χ0) is 17.7. The third-order valence-electron chi connectivity index (χ3n) is 3.20. The molecule has 0 spiro atoms. The van der Waals surface area contributed by atoms with Gasteiger partial charge in [0.25, 0.3) is 5.91 Å². The highest BCUT2D eigenvalue weighted by molar-refractivity contribution is 5.91. The van der Waals surface area contributed by atoms with E-state index in [1.165, 1.54) is 0 Å². The normalized spacial score (nSPS) is 10.3. The van der Waals surface area contributed by atoms with Crippen LogP contribution >= 0.6 is 0 Å². The number of rotatable bonds is 6. The maximum absolute atomic E-state index is 11.7. The van der Waals surface area contributed by atoms with Gasteiger partial charge in [0.1, 0.15) is 11.5 Å². The molecule has 0 fully saturated rings. The average molecular weight is 332 g/mol. The molecule has 1 aromatic carbocycles. The third-order valence-corrected chi connectivity index (χ3v) is 3.20. The summed E-state index contributed by atoms with van der Waals surface area (Å²) in [6, 6.07) is 5.51. The van der Waals surface area contributed by atoms with Gasteiger partial charge in [-0.05, 0) is 38.8 Å². The quantitative estimate of drug-likeness (QED) is 0.817. The molecule has 0 atom stereocenters. The predicted molar refractivity (Wildman–Crippen MR) is 87.0 cm³/mol. The number of hydrogen-bond donors (Lipinski definition) is 1. The van der Waals surface area contributed by atoms with Crippen LogP contribution in [0.15, 0.2) is 22.7 Å². The van der Waals surface area contributed by atoms with E-state index in [2.05, 4.69) is 10.5 Å². The number of esters is 1. The molecule has 0 saturated carbocycles. The molecular formula is C17H20N2O5. The molecule has 0 radical (unpaired) electrons. The predicted octanol–water partition coefficient (Wildman–Crippen LogP) is 2.47. The molecule has 1 N–H and O–H groups in total. The Labute approximate surface area is 139 Å². The van der Waals surface area contributed by atoms with Crippen LogP contribution in [0.5, 0.6) is 5.75 Å². The fraction of sp³-hybridized carbons (Fsp3) is 0.353. The second kappa shape index (κ2) is 7.63. The molecule has 1 aromatic heterocycles. The maximum Gasteiger partial charge on any atom is 0.344 e. The number of anilines is 1. The number of aryl methyl sites for hydroxylation is 4. The lowest BCUT2D eigenvalue weighted by molar-refractivity contribution is -0.149. The molecule has 0 unspecified atom stereocenters. The molecule has 0 aliphatic rings. The van der Waals surface area contributed by atoms with E-state index < -0.39 is 18.5 Å². The number of benzene rings is 1. The van der Waals surface area contributed by atoms with Crippen molar-refractivity contribution >= 4 is 17.7 Å².